The normalized spacial score (nSPS) is 20.0. The molecule has 2 aliphatic heterocycles. The number of piperidine rings is 1. The Morgan fingerprint density at radius 2 is 1.86 bits per heavy atom. The lowest BCUT2D eigenvalue weighted by Crippen LogP contribution is -2.49. The van der Waals surface area contributed by atoms with E-state index in [1.54, 1.807) is 17.0 Å². The Balaban J connectivity index is 1.47. The van der Waals surface area contributed by atoms with Crippen molar-refractivity contribution in [1.29, 1.82) is 0 Å². The molecule has 2 amide bonds. The first kappa shape index (κ1) is 20.0. The molecule has 2 aliphatic rings. The summed E-state index contributed by atoms with van der Waals surface area (Å²) in [6, 6.07) is 6.11. The van der Waals surface area contributed by atoms with Gasteiger partial charge < -0.3 is 14.5 Å². The summed E-state index contributed by atoms with van der Waals surface area (Å²) in [5.41, 5.74) is 1.46. The van der Waals surface area contributed by atoms with Gasteiger partial charge in [-0.05, 0) is 44.0 Å². The third-order valence-electron chi connectivity index (χ3n) is 5.46. The maximum atomic E-state index is 13.2. The van der Waals surface area contributed by atoms with E-state index in [9.17, 15) is 14.0 Å². The molecule has 4 rings (SSSR count). The number of hydrogen-bond acceptors (Lipinski definition) is 5. The molecule has 3 heterocycles. The highest BCUT2D eigenvalue weighted by Gasteiger charge is 2.33. The maximum Gasteiger partial charge on any atom is 0.265 e. The fourth-order valence-corrected chi connectivity index (χ4v) is 4.90. The molecule has 29 heavy (non-hydrogen) atoms. The van der Waals surface area contributed by atoms with Crippen LogP contribution in [0.5, 0.6) is 0 Å². The molecule has 1 unspecified atom stereocenters. The average Bonchev–Trinajstić information content (AvgIpc) is 3.15. The molecule has 2 aromatic rings. The Morgan fingerprint density at radius 1 is 1.14 bits per heavy atom. The molecular formula is C21H24FN3O3S. The monoisotopic (exact) mass is 417 g/mol. The summed E-state index contributed by atoms with van der Waals surface area (Å²) in [7, 11) is 0. The number of amides is 2. The van der Waals surface area contributed by atoms with Crippen LogP contribution in [0.1, 0.15) is 28.2 Å². The number of carbonyl (C=O) groups is 2. The zero-order valence-electron chi connectivity index (χ0n) is 16.4. The minimum atomic E-state index is -0.303. The number of nitrogens with zero attached hydrogens (tertiary/aromatic N) is 3. The second-order valence-electron chi connectivity index (χ2n) is 7.47. The number of aryl methyl sites for hydroxylation is 1. The van der Waals surface area contributed by atoms with Crippen molar-refractivity contribution in [2.75, 3.05) is 39.4 Å². The number of hydrogen-bond donors (Lipinski definition) is 0. The number of ether oxygens (including phenoxy) is 1. The van der Waals surface area contributed by atoms with Crippen molar-refractivity contribution < 1.29 is 18.7 Å². The molecule has 154 valence electrons. The number of likely N-dealkylation sites (tertiary alicyclic amines) is 1. The van der Waals surface area contributed by atoms with Gasteiger partial charge >= 0.3 is 0 Å². The first-order valence-corrected chi connectivity index (χ1v) is 10.7. The predicted octanol–water partition coefficient (Wildman–Crippen LogP) is 2.97. The molecule has 0 bridgehead atoms. The average molecular weight is 418 g/mol. The van der Waals surface area contributed by atoms with E-state index in [2.05, 4.69) is 4.98 Å². The Morgan fingerprint density at radius 3 is 2.59 bits per heavy atom. The van der Waals surface area contributed by atoms with Gasteiger partial charge in [-0.2, -0.15) is 0 Å². The van der Waals surface area contributed by atoms with Gasteiger partial charge in [-0.15, -0.1) is 11.3 Å². The summed E-state index contributed by atoms with van der Waals surface area (Å²) >= 11 is 1.32. The molecule has 2 fully saturated rings. The number of benzene rings is 1. The van der Waals surface area contributed by atoms with Crippen LogP contribution in [0.25, 0.3) is 10.6 Å². The van der Waals surface area contributed by atoms with E-state index in [0.717, 1.165) is 18.4 Å². The van der Waals surface area contributed by atoms with Crippen molar-refractivity contribution in [3.63, 3.8) is 0 Å². The van der Waals surface area contributed by atoms with Crippen molar-refractivity contribution in [1.82, 2.24) is 14.8 Å². The van der Waals surface area contributed by atoms with Crippen molar-refractivity contribution in [3.05, 3.63) is 40.7 Å². The fraction of sp³-hybridized carbons (Fsp3) is 0.476. The summed E-state index contributed by atoms with van der Waals surface area (Å²) in [4.78, 5) is 34.7. The zero-order valence-corrected chi connectivity index (χ0v) is 17.2. The van der Waals surface area contributed by atoms with E-state index in [1.807, 2.05) is 11.8 Å². The molecule has 2 saturated heterocycles. The molecule has 0 N–H and O–H groups in total. The van der Waals surface area contributed by atoms with Crippen LogP contribution >= 0.6 is 11.3 Å². The summed E-state index contributed by atoms with van der Waals surface area (Å²) in [6.45, 7) is 5.31. The lowest BCUT2D eigenvalue weighted by atomic mass is 9.96. The quantitative estimate of drug-likeness (QED) is 0.770. The second kappa shape index (κ2) is 8.59. The van der Waals surface area contributed by atoms with E-state index >= 15 is 0 Å². The van der Waals surface area contributed by atoms with Gasteiger partial charge in [-0.3, -0.25) is 9.59 Å². The van der Waals surface area contributed by atoms with Crippen LogP contribution < -0.4 is 0 Å². The smallest absolute Gasteiger partial charge is 0.265 e. The standard InChI is InChI=1S/C21H24FN3O3S/c1-14-18(29-19(23-14)15-4-6-17(22)7-5-15)21(27)25-8-2-3-16(13-25)20(26)24-9-11-28-12-10-24/h4-7,16H,2-3,8-13H2,1H3. The van der Waals surface area contributed by atoms with Crippen LogP contribution in [0.4, 0.5) is 4.39 Å². The zero-order chi connectivity index (χ0) is 20.4. The van der Waals surface area contributed by atoms with E-state index in [0.29, 0.717) is 55.0 Å². The van der Waals surface area contributed by atoms with E-state index in [-0.39, 0.29) is 23.5 Å². The summed E-state index contributed by atoms with van der Waals surface area (Å²) in [5.74, 6) is -0.412. The van der Waals surface area contributed by atoms with Gasteiger partial charge in [0.2, 0.25) is 5.91 Å². The number of halogens is 1. The Bertz CT molecular complexity index is 893. The largest absolute Gasteiger partial charge is 0.378 e. The number of rotatable bonds is 3. The number of carbonyl (C=O) groups excluding carboxylic acids is 2. The SMILES string of the molecule is Cc1nc(-c2ccc(F)cc2)sc1C(=O)N1CCCC(C(=O)N2CCOCC2)C1. The van der Waals surface area contributed by atoms with Crippen molar-refractivity contribution in [2.45, 2.75) is 19.8 Å². The molecule has 0 saturated carbocycles. The summed E-state index contributed by atoms with van der Waals surface area (Å²) < 4.78 is 18.5. The molecular weight excluding hydrogens is 393 g/mol. The summed E-state index contributed by atoms with van der Waals surface area (Å²) in [6.07, 6.45) is 1.62. The third kappa shape index (κ3) is 4.33. The van der Waals surface area contributed by atoms with Crippen molar-refractivity contribution in [2.24, 2.45) is 5.92 Å². The van der Waals surface area contributed by atoms with Crippen molar-refractivity contribution >= 4 is 23.2 Å². The predicted molar refractivity (Wildman–Crippen MR) is 108 cm³/mol. The first-order chi connectivity index (χ1) is 14.0. The van der Waals surface area contributed by atoms with Crippen molar-refractivity contribution in [3.8, 4) is 10.6 Å². The van der Waals surface area contributed by atoms with Gasteiger partial charge in [-0.1, -0.05) is 0 Å². The van der Waals surface area contributed by atoms with E-state index in [1.165, 1.54) is 23.5 Å². The minimum absolute atomic E-state index is 0.0761. The van der Waals surface area contributed by atoms with Crippen LogP contribution in [-0.2, 0) is 9.53 Å². The van der Waals surface area contributed by atoms with Gasteiger partial charge in [-0.25, -0.2) is 9.37 Å². The lowest BCUT2D eigenvalue weighted by molar-refractivity contribution is -0.141. The highest BCUT2D eigenvalue weighted by atomic mass is 32.1. The Kier molecular flexibility index (Phi) is 5.91. The topological polar surface area (TPSA) is 62.7 Å². The molecule has 0 aliphatic carbocycles. The van der Waals surface area contributed by atoms with Crippen LogP contribution in [-0.4, -0.2) is 66.0 Å². The number of aromatic nitrogens is 1. The molecule has 1 aromatic carbocycles. The molecule has 1 aromatic heterocycles. The van der Waals surface area contributed by atoms with E-state index in [4.69, 9.17) is 4.74 Å². The Hall–Kier alpha value is -2.32. The van der Waals surface area contributed by atoms with Crippen LogP contribution in [0, 0.1) is 18.7 Å². The van der Waals surface area contributed by atoms with Gasteiger partial charge in [0.15, 0.2) is 0 Å². The number of morpholine rings is 1. The highest BCUT2D eigenvalue weighted by molar-refractivity contribution is 7.17. The van der Waals surface area contributed by atoms with Gasteiger partial charge in [0, 0.05) is 31.7 Å². The van der Waals surface area contributed by atoms with E-state index < -0.39 is 0 Å². The summed E-state index contributed by atoms with van der Waals surface area (Å²) in [5, 5.41) is 0.698. The van der Waals surface area contributed by atoms with Crippen LogP contribution in [0.2, 0.25) is 0 Å². The third-order valence-corrected chi connectivity index (χ3v) is 6.66. The second-order valence-corrected chi connectivity index (χ2v) is 8.47. The van der Waals surface area contributed by atoms with Gasteiger partial charge in [0.1, 0.15) is 15.7 Å². The molecule has 1 atom stereocenters. The number of thiazole rings is 1. The van der Waals surface area contributed by atoms with Gasteiger partial charge in [0.25, 0.3) is 5.91 Å². The first-order valence-electron chi connectivity index (χ1n) is 9.92. The molecule has 6 nitrogen and oxygen atoms in total. The highest BCUT2D eigenvalue weighted by Crippen LogP contribution is 2.30. The van der Waals surface area contributed by atoms with Crippen LogP contribution in [0.15, 0.2) is 24.3 Å². The maximum absolute atomic E-state index is 13.2. The molecule has 0 radical (unpaired) electrons. The molecule has 0 spiro atoms. The Labute approximate surface area is 173 Å². The van der Waals surface area contributed by atoms with Gasteiger partial charge in [0.05, 0.1) is 24.8 Å². The van der Waals surface area contributed by atoms with Crippen LogP contribution in [0.3, 0.4) is 0 Å². The minimum Gasteiger partial charge on any atom is -0.378 e. The fourth-order valence-electron chi connectivity index (χ4n) is 3.86. The lowest BCUT2D eigenvalue weighted by Gasteiger charge is -2.36. The molecule has 8 heteroatoms.